The van der Waals surface area contributed by atoms with Crippen LogP contribution in [0.3, 0.4) is 0 Å². The fourth-order valence-electron chi connectivity index (χ4n) is 2.04. The van der Waals surface area contributed by atoms with Crippen LogP contribution in [0.1, 0.15) is 25.6 Å². The number of anilines is 1. The van der Waals surface area contributed by atoms with Gasteiger partial charge in [-0.05, 0) is 26.3 Å². The number of aromatic amines is 1. The molecule has 0 radical (unpaired) electrons. The summed E-state index contributed by atoms with van der Waals surface area (Å²) in [7, 11) is 1.74. The zero-order valence-electron chi connectivity index (χ0n) is 11.3. The summed E-state index contributed by atoms with van der Waals surface area (Å²) in [6, 6.07) is 0. The second-order valence-corrected chi connectivity index (χ2v) is 4.76. The normalized spacial score (nSPS) is 18.7. The number of nitrogens with zero attached hydrogens (tertiary/aromatic N) is 3. The third-order valence-electron chi connectivity index (χ3n) is 3.33. The molecule has 0 aromatic carbocycles. The smallest absolute Gasteiger partial charge is 0.244 e. The number of ether oxygens (including phenoxy) is 1. The van der Waals surface area contributed by atoms with Crippen molar-refractivity contribution in [3.63, 3.8) is 0 Å². The van der Waals surface area contributed by atoms with Crippen LogP contribution in [0.25, 0.3) is 0 Å². The van der Waals surface area contributed by atoms with Crippen LogP contribution in [0.15, 0.2) is 0 Å². The van der Waals surface area contributed by atoms with Gasteiger partial charge >= 0.3 is 0 Å². The van der Waals surface area contributed by atoms with Gasteiger partial charge in [-0.25, -0.2) is 0 Å². The van der Waals surface area contributed by atoms with Crippen molar-refractivity contribution in [2.24, 2.45) is 0 Å². The molecule has 1 aromatic heterocycles. The standard InChI is InChI=1S/C12H23N5O/c1-10(18-2)4-5-11-14-12(16-15-11)17-8-3-6-13-7-9-17/h10,13H,3-9H2,1-2H3,(H,14,15,16). The Morgan fingerprint density at radius 2 is 2.28 bits per heavy atom. The van der Waals surface area contributed by atoms with E-state index in [0.29, 0.717) is 0 Å². The van der Waals surface area contributed by atoms with Gasteiger partial charge in [0.25, 0.3) is 0 Å². The Morgan fingerprint density at radius 3 is 3.11 bits per heavy atom. The minimum atomic E-state index is 0.265. The maximum Gasteiger partial charge on any atom is 0.244 e. The van der Waals surface area contributed by atoms with E-state index in [9.17, 15) is 0 Å². The van der Waals surface area contributed by atoms with Crippen LogP contribution in [0, 0.1) is 0 Å². The zero-order chi connectivity index (χ0) is 12.8. The molecule has 0 aliphatic carbocycles. The van der Waals surface area contributed by atoms with E-state index in [-0.39, 0.29) is 6.10 Å². The topological polar surface area (TPSA) is 66.1 Å². The number of hydrogen-bond acceptors (Lipinski definition) is 5. The Balaban J connectivity index is 1.88. The van der Waals surface area contributed by atoms with Crippen LogP contribution in [-0.2, 0) is 11.2 Å². The molecule has 1 aliphatic heterocycles. The fourth-order valence-corrected chi connectivity index (χ4v) is 2.04. The molecular formula is C12H23N5O. The molecule has 1 aromatic rings. The first-order valence-electron chi connectivity index (χ1n) is 6.69. The van der Waals surface area contributed by atoms with Gasteiger partial charge in [0.2, 0.25) is 5.95 Å². The molecule has 0 bridgehead atoms. The van der Waals surface area contributed by atoms with Crippen LogP contribution in [0.5, 0.6) is 0 Å². The van der Waals surface area contributed by atoms with Crippen molar-refractivity contribution in [3.8, 4) is 0 Å². The lowest BCUT2D eigenvalue weighted by molar-refractivity contribution is 0.111. The fraction of sp³-hybridized carbons (Fsp3) is 0.833. The van der Waals surface area contributed by atoms with Gasteiger partial charge in [0.1, 0.15) is 5.82 Å². The molecule has 6 nitrogen and oxygen atoms in total. The first-order valence-corrected chi connectivity index (χ1v) is 6.69. The molecule has 1 saturated heterocycles. The summed E-state index contributed by atoms with van der Waals surface area (Å²) in [6.45, 7) is 6.16. The number of hydrogen-bond donors (Lipinski definition) is 2. The quantitative estimate of drug-likeness (QED) is 0.803. The second kappa shape index (κ2) is 6.70. The molecule has 2 rings (SSSR count). The second-order valence-electron chi connectivity index (χ2n) is 4.76. The highest BCUT2D eigenvalue weighted by Crippen LogP contribution is 2.10. The van der Waals surface area contributed by atoms with Crippen LogP contribution in [0.2, 0.25) is 0 Å². The molecule has 0 saturated carbocycles. The molecule has 2 N–H and O–H groups in total. The van der Waals surface area contributed by atoms with Crippen molar-refractivity contribution in [2.75, 3.05) is 38.2 Å². The molecule has 102 valence electrons. The number of aromatic nitrogens is 3. The molecule has 1 fully saturated rings. The zero-order valence-corrected chi connectivity index (χ0v) is 11.3. The number of methoxy groups -OCH3 is 1. The number of rotatable bonds is 5. The molecular weight excluding hydrogens is 230 g/mol. The highest BCUT2D eigenvalue weighted by Gasteiger charge is 2.14. The van der Waals surface area contributed by atoms with E-state index in [1.54, 1.807) is 7.11 Å². The lowest BCUT2D eigenvalue weighted by atomic mass is 10.2. The molecule has 6 heteroatoms. The predicted molar refractivity (Wildman–Crippen MR) is 70.9 cm³/mol. The lowest BCUT2D eigenvalue weighted by Crippen LogP contribution is -2.28. The number of nitrogens with one attached hydrogen (secondary N) is 2. The van der Waals surface area contributed by atoms with Gasteiger partial charge in [-0.3, -0.25) is 5.10 Å². The summed E-state index contributed by atoms with van der Waals surface area (Å²) in [5.74, 6) is 1.78. The molecule has 0 amide bonds. The monoisotopic (exact) mass is 253 g/mol. The van der Waals surface area contributed by atoms with Gasteiger partial charge in [0.05, 0.1) is 6.10 Å². The van der Waals surface area contributed by atoms with Gasteiger partial charge in [-0.1, -0.05) is 0 Å². The molecule has 1 aliphatic rings. The minimum absolute atomic E-state index is 0.265. The van der Waals surface area contributed by atoms with Gasteiger partial charge in [-0.2, -0.15) is 4.98 Å². The first-order chi connectivity index (χ1) is 8.79. The largest absolute Gasteiger partial charge is 0.382 e. The van der Waals surface area contributed by atoms with E-state index < -0.39 is 0 Å². The Bertz CT molecular complexity index is 346. The number of H-pyrrole nitrogens is 1. The van der Waals surface area contributed by atoms with Gasteiger partial charge in [0, 0.05) is 33.2 Å². The van der Waals surface area contributed by atoms with Crippen molar-refractivity contribution in [2.45, 2.75) is 32.3 Å². The SMILES string of the molecule is COC(C)CCc1nc(N2CCCNCC2)n[nH]1. The van der Waals surface area contributed by atoms with E-state index in [1.807, 2.05) is 0 Å². The summed E-state index contributed by atoms with van der Waals surface area (Å²) < 4.78 is 5.23. The summed E-state index contributed by atoms with van der Waals surface area (Å²) >= 11 is 0. The molecule has 0 spiro atoms. The molecule has 18 heavy (non-hydrogen) atoms. The summed E-state index contributed by atoms with van der Waals surface area (Å²) in [4.78, 5) is 6.79. The Hall–Kier alpha value is -1.14. The summed E-state index contributed by atoms with van der Waals surface area (Å²) in [5.41, 5.74) is 0. The van der Waals surface area contributed by atoms with Crippen molar-refractivity contribution in [1.29, 1.82) is 0 Å². The minimum Gasteiger partial charge on any atom is -0.382 e. The third-order valence-corrected chi connectivity index (χ3v) is 3.33. The van der Waals surface area contributed by atoms with Gasteiger partial charge in [0.15, 0.2) is 0 Å². The van der Waals surface area contributed by atoms with Gasteiger partial charge < -0.3 is 15.0 Å². The highest BCUT2D eigenvalue weighted by atomic mass is 16.5. The van der Waals surface area contributed by atoms with Crippen LogP contribution in [0.4, 0.5) is 5.95 Å². The van der Waals surface area contributed by atoms with E-state index in [4.69, 9.17) is 4.74 Å². The van der Waals surface area contributed by atoms with E-state index in [2.05, 4.69) is 32.3 Å². The van der Waals surface area contributed by atoms with Gasteiger partial charge in [-0.15, -0.1) is 5.10 Å². The first kappa shape index (κ1) is 13.3. The molecule has 2 heterocycles. The van der Waals surface area contributed by atoms with Crippen LogP contribution < -0.4 is 10.2 Å². The molecule has 1 unspecified atom stereocenters. The Morgan fingerprint density at radius 1 is 1.39 bits per heavy atom. The van der Waals surface area contributed by atoms with E-state index in [0.717, 1.165) is 57.2 Å². The summed E-state index contributed by atoms with van der Waals surface area (Å²) in [6.07, 6.45) is 3.26. The van der Waals surface area contributed by atoms with E-state index >= 15 is 0 Å². The highest BCUT2D eigenvalue weighted by molar-refractivity contribution is 5.28. The van der Waals surface area contributed by atoms with Crippen molar-refractivity contribution in [3.05, 3.63) is 5.82 Å². The maximum atomic E-state index is 5.23. The third kappa shape index (κ3) is 3.68. The van der Waals surface area contributed by atoms with Crippen molar-refractivity contribution >= 4 is 5.95 Å². The average Bonchev–Trinajstić information content (AvgIpc) is 2.69. The van der Waals surface area contributed by atoms with Crippen molar-refractivity contribution in [1.82, 2.24) is 20.5 Å². The van der Waals surface area contributed by atoms with Crippen LogP contribution >= 0.6 is 0 Å². The molecule has 1 atom stereocenters. The van der Waals surface area contributed by atoms with E-state index in [1.165, 1.54) is 0 Å². The Kier molecular flexibility index (Phi) is 4.95. The summed E-state index contributed by atoms with van der Waals surface area (Å²) in [5, 5.41) is 10.7. The average molecular weight is 253 g/mol. The number of aryl methyl sites for hydroxylation is 1. The predicted octanol–water partition coefficient (Wildman–Crippen LogP) is 0.572. The van der Waals surface area contributed by atoms with Crippen molar-refractivity contribution < 1.29 is 4.74 Å². The van der Waals surface area contributed by atoms with Crippen LogP contribution in [-0.4, -0.2) is 54.6 Å². The maximum absolute atomic E-state index is 5.23. The Labute approximate surface area is 108 Å². The lowest BCUT2D eigenvalue weighted by Gasteiger charge is -2.16.